The van der Waals surface area contributed by atoms with Gasteiger partial charge in [0.1, 0.15) is 0 Å². The minimum absolute atomic E-state index is 0.00499. The lowest BCUT2D eigenvalue weighted by atomic mass is 10.2. The van der Waals surface area contributed by atoms with Crippen LogP contribution in [0.3, 0.4) is 0 Å². The zero-order valence-electron chi connectivity index (χ0n) is 11.3. The standard InChI is InChI=1S/C14H16FN3O2/c1-9-6-17-18(8-9)10(2)7-16-14(20)11-3-4-13(19)12(15)5-11/h3-6,8,10,19H,7H2,1-2H3,(H,16,20)/t10-/m0/s1. The second kappa shape index (κ2) is 5.73. The van der Waals surface area contributed by atoms with Gasteiger partial charge in [-0.05, 0) is 37.6 Å². The van der Waals surface area contributed by atoms with Crippen molar-refractivity contribution < 1.29 is 14.3 Å². The Bertz CT molecular complexity index is 625. The molecule has 0 fully saturated rings. The first-order valence-electron chi connectivity index (χ1n) is 6.25. The van der Waals surface area contributed by atoms with E-state index in [0.29, 0.717) is 6.54 Å². The van der Waals surface area contributed by atoms with Gasteiger partial charge in [-0.15, -0.1) is 0 Å². The summed E-state index contributed by atoms with van der Waals surface area (Å²) in [7, 11) is 0. The molecule has 0 radical (unpaired) electrons. The predicted molar refractivity (Wildman–Crippen MR) is 72.1 cm³/mol. The second-order valence-electron chi connectivity index (χ2n) is 4.72. The largest absolute Gasteiger partial charge is 0.505 e. The van der Waals surface area contributed by atoms with E-state index in [9.17, 15) is 9.18 Å². The van der Waals surface area contributed by atoms with Crippen molar-refractivity contribution in [3.8, 4) is 5.75 Å². The number of halogens is 1. The molecule has 0 aliphatic rings. The molecule has 1 heterocycles. The number of carbonyl (C=O) groups excluding carboxylic acids is 1. The van der Waals surface area contributed by atoms with E-state index in [4.69, 9.17) is 5.11 Å². The van der Waals surface area contributed by atoms with Crippen LogP contribution in [0.4, 0.5) is 4.39 Å². The Balaban J connectivity index is 1.96. The fraction of sp³-hybridized carbons (Fsp3) is 0.286. The highest BCUT2D eigenvalue weighted by Crippen LogP contribution is 2.16. The third-order valence-electron chi connectivity index (χ3n) is 2.95. The van der Waals surface area contributed by atoms with E-state index in [2.05, 4.69) is 10.4 Å². The lowest BCUT2D eigenvalue weighted by molar-refractivity contribution is 0.0947. The van der Waals surface area contributed by atoms with Crippen molar-refractivity contribution in [1.82, 2.24) is 15.1 Å². The molecule has 0 saturated carbocycles. The fourth-order valence-electron chi connectivity index (χ4n) is 1.76. The third-order valence-corrected chi connectivity index (χ3v) is 2.95. The predicted octanol–water partition coefficient (Wildman–Crippen LogP) is 2.03. The number of nitrogens with one attached hydrogen (secondary N) is 1. The Morgan fingerprint density at radius 2 is 2.30 bits per heavy atom. The summed E-state index contributed by atoms with van der Waals surface area (Å²) in [5, 5.41) is 15.9. The van der Waals surface area contributed by atoms with Crippen molar-refractivity contribution in [3.63, 3.8) is 0 Å². The van der Waals surface area contributed by atoms with E-state index >= 15 is 0 Å². The molecular weight excluding hydrogens is 261 g/mol. The first kappa shape index (κ1) is 14.0. The molecule has 0 aliphatic carbocycles. The smallest absolute Gasteiger partial charge is 0.251 e. The molecule has 106 valence electrons. The van der Waals surface area contributed by atoms with Crippen LogP contribution in [-0.4, -0.2) is 27.3 Å². The molecule has 0 spiro atoms. The van der Waals surface area contributed by atoms with Crippen LogP contribution in [0.25, 0.3) is 0 Å². The zero-order valence-corrected chi connectivity index (χ0v) is 11.3. The molecule has 0 aliphatic heterocycles. The maximum atomic E-state index is 13.2. The van der Waals surface area contributed by atoms with E-state index in [1.54, 1.807) is 10.9 Å². The van der Waals surface area contributed by atoms with Gasteiger partial charge >= 0.3 is 0 Å². The molecule has 5 nitrogen and oxygen atoms in total. The van der Waals surface area contributed by atoms with Gasteiger partial charge < -0.3 is 10.4 Å². The van der Waals surface area contributed by atoms with Gasteiger partial charge in [0, 0.05) is 18.3 Å². The fourth-order valence-corrected chi connectivity index (χ4v) is 1.76. The lowest BCUT2D eigenvalue weighted by Gasteiger charge is -2.13. The number of phenols is 1. The molecule has 1 amide bonds. The number of nitrogens with zero attached hydrogens (tertiary/aromatic N) is 2. The lowest BCUT2D eigenvalue weighted by Crippen LogP contribution is -2.29. The second-order valence-corrected chi connectivity index (χ2v) is 4.72. The summed E-state index contributed by atoms with van der Waals surface area (Å²) in [6.07, 6.45) is 3.63. The topological polar surface area (TPSA) is 67.2 Å². The number of carbonyl (C=O) groups is 1. The molecule has 2 aromatic rings. The molecule has 0 unspecified atom stereocenters. The van der Waals surface area contributed by atoms with Crippen molar-refractivity contribution in [2.24, 2.45) is 0 Å². The van der Waals surface area contributed by atoms with Crippen LogP contribution in [0.1, 0.15) is 28.9 Å². The number of aryl methyl sites for hydroxylation is 1. The summed E-state index contributed by atoms with van der Waals surface area (Å²) in [4.78, 5) is 11.9. The molecule has 1 atom stereocenters. The first-order chi connectivity index (χ1) is 9.47. The van der Waals surface area contributed by atoms with E-state index in [1.807, 2.05) is 20.0 Å². The summed E-state index contributed by atoms with van der Waals surface area (Å²) < 4.78 is 14.9. The zero-order chi connectivity index (χ0) is 14.7. The van der Waals surface area contributed by atoms with Crippen LogP contribution < -0.4 is 5.32 Å². The van der Waals surface area contributed by atoms with Crippen LogP contribution >= 0.6 is 0 Å². The van der Waals surface area contributed by atoms with Gasteiger partial charge in [0.2, 0.25) is 0 Å². The maximum absolute atomic E-state index is 13.2. The van der Waals surface area contributed by atoms with Gasteiger partial charge in [-0.25, -0.2) is 4.39 Å². The number of hydrogen-bond acceptors (Lipinski definition) is 3. The Morgan fingerprint density at radius 1 is 1.55 bits per heavy atom. The van der Waals surface area contributed by atoms with Crippen LogP contribution in [-0.2, 0) is 0 Å². The van der Waals surface area contributed by atoms with Crippen molar-refractivity contribution in [3.05, 3.63) is 47.5 Å². The Labute approximate surface area is 116 Å². The number of benzene rings is 1. The monoisotopic (exact) mass is 277 g/mol. The number of hydrogen-bond donors (Lipinski definition) is 2. The van der Waals surface area contributed by atoms with Crippen LogP contribution in [0.5, 0.6) is 5.75 Å². The van der Waals surface area contributed by atoms with Gasteiger partial charge in [-0.2, -0.15) is 5.10 Å². The minimum atomic E-state index is -0.812. The highest BCUT2D eigenvalue weighted by Gasteiger charge is 2.11. The molecule has 0 bridgehead atoms. The van der Waals surface area contributed by atoms with Crippen LogP contribution in [0.15, 0.2) is 30.6 Å². The van der Waals surface area contributed by atoms with E-state index in [-0.39, 0.29) is 17.5 Å². The SMILES string of the molecule is Cc1cnn([C@@H](C)CNC(=O)c2ccc(O)c(F)c2)c1. The molecular formula is C14H16FN3O2. The average Bonchev–Trinajstić information content (AvgIpc) is 2.85. The van der Waals surface area contributed by atoms with Crippen molar-refractivity contribution in [2.75, 3.05) is 6.54 Å². The molecule has 1 aromatic carbocycles. The summed E-state index contributed by atoms with van der Waals surface area (Å²) in [5.74, 6) is -1.67. The van der Waals surface area contributed by atoms with E-state index < -0.39 is 11.6 Å². The average molecular weight is 277 g/mol. The van der Waals surface area contributed by atoms with Gasteiger partial charge in [0.05, 0.1) is 12.2 Å². The third kappa shape index (κ3) is 3.14. The number of aromatic hydroxyl groups is 1. The number of aromatic nitrogens is 2. The van der Waals surface area contributed by atoms with Crippen molar-refractivity contribution in [1.29, 1.82) is 0 Å². The normalized spacial score (nSPS) is 12.2. The van der Waals surface area contributed by atoms with Gasteiger partial charge in [-0.3, -0.25) is 9.48 Å². The molecule has 2 rings (SSSR count). The Hall–Kier alpha value is -2.37. The minimum Gasteiger partial charge on any atom is -0.505 e. The first-order valence-corrected chi connectivity index (χ1v) is 6.25. The van der Waals surface area contributed by atoms with Crippen molar-refractivity contribution in [2.45, 2.75) is 19.9 Å². The molecule has 2 N–H and O–H groups in total. The van der Waals surface area contributed by atoms with E-state index in [1.165, 1.54) is 6.07 Å². The summed E-state index contributed by atoms with van der Waals surface area (Å²) in [6.45, 7) is 4.24. The molecule has 6 heteroatoms. The highest BCUT2D eigenvalue weighted by molar-refractivity contribution is 5.94. The summed E-state index contributed by atoms with van der Waals surface area (Å²) >= 11 is 0. The van der Waals surface area contributed by atoms with Gasteiger partial charge in [0.25, 0.3) is 5.91 Å². The molecule has 0 saturated heterocycles. The van der Waals surface area contributed by atoms with Crippen LogP contribution in [0.2, 0.25) is 0 Å². The number of rotatable bonds is 4. The number of phenolic OH excluding ortho intramolecular Hbond substituents is 1. The van der Waals surface area contributed by atoms with Gasteiger partial charge in [-0.1, -0.05) is 0 Å². The Kier molecular flexibility index (Phi) is 4.02. The molecule has 20 heavy (non-hydrogen) atoms. The summed E-state index contributed by atoms with van der Waals surface area (Å²) in [6, 6.07) is 3.53. The quantitative estimate of drug-likeness (QED) is 0.898. The molecule has 1 aromatic heterocycles. The maximum Gasteiger partial charge on any atom is 0.251 e. The van der Waals surface area contributed by atoms with Gasteiger partial charge in [0.15, 0.2) is 11.6 Å². The van der Waals surface area contributed by atoms with Crippen molar-refractivity contribution >= 4 is 5.91 Å². The number of amides is 1. The summed E-state index contributed by atoms with van der Waals surface area (Å²) in [5.41, 5.74) is 1.22. The Morgan fingerprint density at radius 3 is 2.90 bits per heavy atom. The van der Waals surface area contributed by atoms with Crippen LogP contribution in [0, 0.1) is 12.7 Å². The van der Waals surface area contributed by atoms with E-state index in [0.717, 1.165) is 17.7 Å². The highest BCUT2D eigenvalue weighted by atomic mass is 19.1.